The highest BCUT2D eigenvalue weighted by molar-refractivity contribution is 5.97. The van der Waals surface area contributed by atoms with Crippen LogP contribution in [-0.2, 0) is 9.53 Å². The number of terminal acetylenes is 1. The Morgan fingerprint density at radius 3 is 2.84 bits per heavy atom. The minimum atomic E-state index is -1.22. The first kappa shape index (κ1) is 20.4. The van der Waals surface area contributed by atoms with E-state index < -0.39 is 23.2 Å². The highest BCUT2D eigenvalue weighted by Gasteiger charge is 2.19. The van der Waals surface area contributed by atoms with Crippen LogP contribution in [0.25, 0.3) is 5.65 Å². The van der Waals surface area contributed by atoms with Crippen molar-refractivity contribution in [2.45, 2.75) is 0 Å². The maximum absolute atomic E-state index is 13.9. The van der Waals surface area contributed by atoms with E-state index in [1.807, 2.05) is 4.90 Å². The van der Waals surface area contributed by atoms with Crippen molar-refractivity contribution in [1.82, 2.24) is 14.6 Å². The number of benzene rings is 1. The number of imidazole rings is 1. The van der Waals surface area contributed by atoms with Crippen LogP contribution in [0.5, 0.6) is 0 Å². The molecule has 4 N–H and O–H groups in total. The normalized spacial score (nSPS) is 13.8. The number of carbonyl (C=O) groups is 1. The van der Waals surface area contributed by atoms with E-state index in [-0.39, 0.29) is 12.2 Å². The van der Waals surface area contributed by atoms with Crippen LogP contribution in [0.4, 0.5) is 31.7 Å². The predicted octanol–water partition coefficient (Wildman–Crippen LogP) is 1.46. The summed E-state index contributed by atoms with van der Waals surface area (Å²) in [4.78, 5) is 18.7. The number of rotatable bonds is 5. The van der Waals surface area contributed by atoms with Gasteiger partial charge in [-0.25, -0.2) is 18.3 Å². The average Bonchev–Trinajstić information content (AvgIpc) is 3.21. The van der Waals surface area contributed by atoms with Crippen LogP contribution in [0.3, 0.4) is 0 Å². The van der Waals surface area contributed by atoms with E-state index in [4.69, 9.17) is 16.9 Å². The van der Waals surface area contributed by atoms with Crippen molar-refractivity contribution in [2.24, 2.45) is 0 Å². The van der Waals surface area contributed by atoms with Crippen LogP contribution < -0.4 is 21.3 Å². The fraction of sp³-hybridized carbons (Fsp3) is 0.250. The zero-order chi connectivity index (χ0) is 22.0. The SMILES string of the molecule is C#Cc1cnc2c(NCC(=O)Nc3c(N)ccc(F)c3F)cc(N3CCOCC3)nn12. The van der Waals surface area contributed by atoms with Gasteiger partial charge in [0.2, 0.25) is 5.91 Å². The Labute approximate surface area is 176 Å². The van der Waals surface area contributed by atoms with Crippen LogP contribution in [-0.4, -0.2) is 53.4 Å². The van der Waals surface area contributed by atoms with Gasteiger partial charge in [-0.1, -0.05) is 0 Å². The first-order valence-electron chi connectivity index (χ1n) is 9.43. The number of hydrogen-bond acceptors (Lipinski definition) is 7. The van der Waals surface area contributed by atoms with Crippen molar-refractivity contribution >= 4 is 34.4 Å². The summed E-state index contributed by atoms with van der Waals surface area (Å²) in [6.45, 7) is 2.18. The number of ether oxygens (including phenoxy) is 1. The molecule has 1 aromatic carbocycles. The van der Waals surface area contributed by atoms with Crippen LogP contribution in [0.1, 0.15) is 5.69 Å². The number of morpholine rings is 1. The number of anilines is 4. The molecule has 0 atom stereocenters. The summed E-state index contributed by atoms with van der Waals surface area (Å²) in [5, 5.41) is 9.80. The Bertz CT molecular complexity index is 1180. The van der Waals surface area contributed by atoms with Crippen molar-refractivity contribution < 1.29 is 18.3 Å². The van der Waals surface area contributed by atoms with Gasteiger partial charge in [-0.2, -0.15) is 0 Å². The quantitative estimate of drug-likeness (QED) is 0.418. The van der Waals surface area contributed by atoms with Gasteiger partial charge in [-0.05, 0) is 18.1 Å². The smallest absolute Gasteiger partial charge is 0.243 e. The summed E-state index contributed by atoms with van der Waals surface area (Å²) in [7, 11) is 0. The lowest BCUT2D eigenvalue weighted by Crippen LogP contribution is -2.37. The molecule has 1 amide bonds. The van der Waals surface area contributed by atoms with E-state index in [9.17, 15) is 13.6 Å². The number of hydrogen-bond donors (Lipinski definition) is 3. The van der Waals surface area contributed by atoms with Gasteiger partial charge in [0.05, 0.1) is 37.3 Å². The topological polar surface area (TPSA) is 110 Å². The Balaban J connectivity index is 1.58. The first-order chi connectivity index (χ1) is 15.0. The molecule has 0 unspecified atom stereocenters. The van der Waals surface area contributed by atoms with Crippen molar-refractivity contribution in [3.05, 3.63) is 41.7 Å². The highest BCUT2D eigenvalue weighted by atomic mass is 19.2. The molecule has 1 aliphatic heterocycles. The number of fused-ring (bicyclic) bond motifs is 1. The Morgan fingerprint density at radius 1 is 1.32 bits per heavy atom. The minimum Gasteiger partial charge on any atom is -0.397 e. The standard InChI is InChI=1S/C20H19F2N7O2/c1-2-12-10-25-20-15(9-16(27-29(12)20)28-5-7-31-8-6-28)24-11-17(30)26-19-14(23)4-3-13(21)18(19)22/h1,3-4,9-10,24H,5-8,11,23H2,(H,26,30). The molecule has 0 spiro atoms. The van der Waals surface area contributed by atoms with E-state index in [1.54, 1.807) is 6.07 Å². The van der Waals surface area contributed by atoms with Gasteiger partial charge in [-0.15, -0.1) is 11.5 Å². The van der Waals surface area contributed by atoms with Gasteiger partial charge in [0.25, 0.3) is 0 Å². The molecule has 1 aliphatic rings. The molecule has 0 radical (unpaired) electrons. The monoisotopic (exact) mass is 427 g/mol. The highest BCUT2D eigenvalue weighted by Crippen LogP contribution is 2.25. The molecule has 3 aromatic rings. The third kappa shape index (κ3) is 4.06. The maximum atomic E-state index is 13.9. The second-order valence-corrected chi connectivity index (χ2v) is 6.77. The molecule has 2 aromatic heterocycles. The Kier molecular flexibility index (Phi) is 5.55. The second kappa shape index (κ2) is 8.45. The molecule has 11 heteroatoms. The fourth-order valence-electron chi connectivity index (χ4n) is 3.18. The van der Waals surface area contributed by atoms with Gasteiger partial charge in [-0.3, -0.25) is 4.79 Å². The largest absolute Gasteiger partial charge is 0.397 e. The molecule has 0 saturated carbocycles. The van der Waals surface area contributed by atoms with E-state index in [1.165, 1.54) is 16.8 Å². The summed E-state index contributed by atoms with van der Waals surface area (Å²) < 4.78 is 34.3. The van der Waals surface area contributed by atoms with Crippen molar-refractivity contribution in [1.29, 1.82) is 0 Å². The molecular formula is C20H19F2N7O2. The first-order valence-corrected chi connectivity index (χ1v) is 9.43. The predicted molar refractivity (Wildman–Crippen MR) is 112 cm³/mol. The summed E-state index contributed by atoms with van der Waals surface area (Å²) in [5.41, 5.74) is 6.53. The van der Waals surface area contributed by atoms with Crippen molar-refractivity contribution in [3.8, 4) is 12.3 Å². The number of nitrogens with zero attached hydrogens (tertiary/aromatic N) is 4. The lowest BCUT2D eigenvalue weighted by molar-refractivity contribution is -0.114. The van der Waals surface area contributed by atoms with E-state index in [0.717, 1.165) is 6.07 Å². The molecule has 31 heavy (non-hydrogen) atoms. The molecule has 4 rings (SSSR count). The third-order valence-electron chi connectivity index (χ3n) is 4.77. The average molecular weight is 427 g/mol. The third-order valence-corrected chi connectivity index (χ3v) is 4.77. The number of nitrogens with two attached hydrogens (primary N) is 1. The van der Waals surface area contributed by atoms with Gasteiger partial charge < -0.3 is 26.0 Å². The van der Waals surface area contributed by atoms with Gasteiger partial charge in [0.1, 0.15) is 11.4 Å². The second-order valence-electron chi connectivity index (χ2n) is 6.77. The molecular weight excluding hydrogens is 408 g/mol. The molecule has 3 heterocycles. The summed E-state index contributed by atoms with van der Waals surface area (Å²) >= 11 is 0. The zero-order valence-corrected chi connectivity index (χ0v) is 16.4. The maximum Gasteiger partial charge on any atom is 0.243 e. The number of aromatic nitrogens is 3. The molecule has 1 fully saturated rings. The van der Waals surface area contributed by atoms with E-state index in [0.29, 0.717) is 49.1 Å². The van der Waals surface area contributed by atoms with Gasteiger partial charge >= 0.3 is 0 Å². The summed E-state index contributed by atoms with van der Waals surface area (Å²) in [6.07, 6.45) is 7.04. The fourth-order valence-corrected chi connectivity index (χ4v) is 3.18. The minimum absolute atomic E-state index is 0.0833. The van der Waals surface area contributed by atoms with Crippen LogP contribution in [0.2, 0.25) is 0 Å². The number of halogens is 2. The molecule has 1 saturated heterocycles. The molecule has 160 valence electrons. The van der Waals surface area contributed by atoms with E-state index in [2.05, 4.69) is 26.6 Å². The van der Waals surface area contributed by atoms with Crippen LogP contribution >= 0.6 is 0 Å². The van der Waals surface area contributed by atoms with Crippen molar-refractivity contribution in [2.75, 3.05) is 54.1 Å². The lowest BCUT2D eigenvalue weighted by atomic mass is 10.2. The van der Waals surface area contributed by atoms with Crippen LogP contribution in [0, 0.1) is 24.0 Å². The van der Waals surface area contributed by atoms with Crippen molar-refractivity contribution in [3.63, 3.8) is 0 Å². The Hall–Kier alpha value is -3.91. The summed E-state index contributed by atoms with van der Waals surface area (Å²) in [6, 6.07) is 3.81. The van der Waals surface area contributed by atoms with E-state index >= 15 is 0 Å². The number of amides is 1. The van der Waals surface area contributed by atoms with Crippen LogP contribution in [0.15, 0.2) is 24.4 Å². The number of nitrogens with one attached hydrogen (secondary N) is 2. The molecule has 9 nitrogen and oxygen atoms in total. The number of nitrogen functional groups attached to an aromatic ring is 1. The Morgan fingerprint density at radius 2 is 2.10 bits per heavy atom. The number of carbonyl (C=O) groups excluding carboxylic acids is 1. The van der Waals surface area contributed by atoms with Gasteiger partial charge in [0, 0.05) is 19.2 Å². The van der Waals surface area contributed by atoms with Gasteiger partial charge in [0.15, 0.2) is 23.1 Å². The molecule has 0 aliphatic carbocycles. The lowest BCUT2D eigenvalue weighted by Gasteiger charge is -2.28. The molecule has 0 bridgehead atoms. The summed E-state index contributed by atoms with van der Waals surface area (Å²) in [5.74, 6) is 0.200. The zero-order valence-electron chi connectivity index (χ0n) is 16.4.